The molecule has 114 valence electrons. The Morgan fingerprint density at radius 1 is 1.45 bits per heavy atom. The topological polar surface area (TPSA) is 81.2 Å². The van der Waals surface area contributed by atoms with Crippen molar-refractivity contribution in [2.24, 2.45) is 12.8 Å². The Kier molecular flexibility index (Phi) is 4.44. The molecule has 0 saturated carbocycles. The second kappa shape index (κ2) is 5.63. The number of nitrogens with zero attached hydrogens (tertiary/aromatic N) is 3. The Morgan fingerprint density at radius 2 is 2.10 bits per heavy atom. The van der Waals surface area contributed by atoms with E-state index in [0.29, 0.717) is 12.2 Å². The van der Waals surface area contributed by atoms with E-state index in [0.717, 1.165) is 19.3 Å². The van der Waals surface area contributed by atoms with Gasteiger partial charge in [-0.2, -0.15) is 9.40 Å². The normalized spacial score (nSPS) is 22.9. The highest BCUT2D eigenvalue weighted by molar-refractivity contribution is 7.89. The summed E-state index contributed by atoms with van der Waals surface area (Å²) in [5, 5.41) is 4.24. The Labute approximate surface area is 124 Å². The van der Waals surface area contributed by atoms with Crippen molar-refractivity contribution in [2.45, 2.75) is 50.1 Å². The molecule has 0 aromatic carbocycles. The minimum atomic E-state index is -3.66. The second-order valence-corrected chi connectivity index (χ2v) is 7.55. The van der Waals surface area contributed by atoms with Crippen LogP contribution in [-0.2, 0) is 17.1 Å². The van der Waals surface area contributed by atoms with E-state index >= 15 is 0 Å². The van der Waals surface area contributed by atoms with Gasteiger partial charge in [0.05, 0.1) is 5.69 Å². The Morgan fingerprint density at radius 3 is 2.60 bits per heavy atom. The van der Waals surface area contributed by atoms with Gasteiger partial charge in [-0.3, -0.25) is 4.68 Å². The van der Waals surface area contributed by atoms with E-state index in [4.69, 9.17) is 17.3 Å². The molecule has 0 bridgehead atoms. The van der Waals surface area contributed by atoms with Crippen LogP contribution in [0.4, 0.5) is 0 Å². The highest BCUT2D eigenvalue weighted by Gasteiger charge is 2.38. The van der Waals surface area contributed by atoms with Crippen LogP contribution in [-0.4, -0.2) is 41.1 Å². The summed E-state index contributed by atoms with van der Waals surface area (Å²) in [6.45, 7) is 3.99. The molecule has 2 atom stereocenters. The third-order valence-corrected chi connectivity index (χ3v) is 6.39. The minimum Gasteiger partial charge on any atom is -0.326 e. The lowest BCUT2D eigenvalue weighted by atomic mass is 10.00. The van der Waals surface area contributed by atoms with E-state index in [9.17, 15) is 8.42 Å². The molecule has 0 aliphatic carbocycles. The van der Waals surface area contributed by atoms with Gasteiger partial charge in [-0.25, -0.2) is 8.42 Å². The first-order valence-electron chi connectivity index (χ1n) is 6.73. The molecule has 2 rings (SSSR count). The molecular weight excluding hydrogens is 300 g/mol. The van der Waals surface area contributed by atoms with E-state index in [1.165, 1.54) is 8.99 Å². The molecule has 1 aliphatic heterocycles. The lowest BCUT2D eigenvalue weighted by molar-refractivity contribution is 0.227. The van der Waals surface area contributed by atoms with Crippen LogP contribution in [0.1, 0.15) is 31.9 Å². The van der Waals surface area contributed by atoms with Gasteiger partial charge < -0.3 is 5.73 Å². The van der Waals surface area contributed by atoms with Crippen LogP contribution in [0, 0.1) is 6.92 Å². The molecule has 1 aliphatic rings. The SMILES string of the molecule is Cc1nn(C)c(Cl)c1S(=O)(=O)N1CCCCC1C(C)N. The van der Waals surface area contributed by atoms with E-state index in [1.54, 1.807) is 14.0 Å². The third-order valence-electron chi connectivity index (χ3n) is 3.77. The number of hydrogen-bond donors (Lipinski definition) is 1. The number of aromatic nitrogens is 2. The maximum absolute atomic E-state index is 12.9. The first-order chi connectivity index (χ1) is 9.26. The summed E-state index contributed by atoms with van der Waals surface area (Å²) in [6, 6.07) is -0.384. The molecule has 1 fully saturated rings. The Balaban J connectivity index is 2.48. The van der Waals surface area contributed by atoms with Gasteiger partial charge in [0.25, 0.3) is 0 Å². The number of piperidine rings is 1. The first kappa shape index (κ1) is 15.8. The average Bonchev–Trinajstić information content (AvgIpc) is 2.63. The molecule has 0 amide bonds. The fraction of sp³-hybridized carbons (Fsp3) is 0.750. The van der Waals surface area contributed by atoms with Gasteiger partial charge in [0.2, 0.25) is 10.0 Å². The predicted octanol–water partition coefficient (Wildman–Crippen LogP) is 1.27. The lowest BCUT2D eigenvalue weighted by Crippen LogP contribution is -2.51. The monoisotopic (exact) mass is 320 g/mol. The molecule has 8 heteroatoms. The summed E-state index contributed by atoms with van der Waals surface area (Å²) < 4.78 is 28.7. The lowest BCUT2D eigenvalue weighted by Gasteiger charge is -2.36. The highest BCUT2D eigenvalue weighted by atomic mass is 35.5. The van der Waals surface area contributed by atoms with Crippen molar-refractivity contribution in [2.75, 3.05) is 6.54 Å². The molecule has 1 aromatic rings. The molecule has 0 radical (unpaired) electrons. The fourth-order valence-corrected chi connectivity index (χ4v) is 5.26. The summed E-state index contributed by atoms with van der Waals surface area (Å²) in [5.41, 5.74) is 6.38. The molecular formula is C12H21ClN4O2S. The number of sulfonamides is 1. The summed E-state index contributed by atoms with van der Waals surface area (Å²) in [6.07, 6.45) is 2.63. The minimum absolute atomic E-state index is 0.106. The molecule has 2 N–H and O–H groups in total. The van der Waals surface area contributed by atoms with Crippen molar-refractivity contribution < 1.29 is 8.42 Å². The van der Waals surface area contributed by atoms with Gasteiger partial charge in [0.1, 0.15) is 10.0 Å². The summed E-state index contributed by atoms with van der Waals surface area (Å²) >= 11 is 6.11. The number of aryl methyl sites for hydroxylation is 2. The largest absolute Gasteiger partial charge is 0.326 e. The van der Waals surface area contributed by atoms with E-state index in [1.807, 2.05) is 6.92 Å². The number of nitrogens with two attached hydrogens (primary N) is 1. The van der Waals surface area contributed by atoms with Crippen molar-refractivity contribution in [3.05, 3.63) is 10.8 Å². The van der Waals surface area contributed by atoms with Crippen molar-refractivity contribution in [3.63, 3.8) is 0 Å². The van der Waals surface area contributed by atoms with Gasteiger partial charge in [0.15, 0.2) is 0 Å². The van der Waals surface area contributed by atoms with Crippen molar-refractivity contribution in [3.8, 4) is 0 Å². The zero-order valence-corrected chi connectivity index (χ0v) is 13.6. The number of halogens is 1. The summed E-state index contributed by atoms with van der Waals surface area (Å²) in [4.78, 5) is 0.106. The van der Waals surface area contributed by atoms with Crippen LogP contribution in [0.2, 0.25) is 5.15 Å². The van der Waals surface area contributed by atoms with Crippen LogP contribution in [0.3, 0.4) is 0 Å². The van der Waals surface area contributed by atoms with Gasteiger partial charge in [0, 0.05) is 25.7 Å². The van der Waals surface area contributed by atoms with Crippen molar-refractivity contribution in [1.29, 1.82) is 0 Å². The van der Waals surface area contributed by atoms with E-state index in [-0.39, 0.29) is 22.1 Å². The quantitative estimate of drug-likeness (QED) is 0.909. The molecule has 0 spiro atoms. The van der Waals surface area contributed by atoms with Gasteiger partial charge in [-0.15, -0.1) is 0 Å². The standard InChI is InChI=1S/C12H21ClN4O2S/c1-8(14)10-6-4-5-7-17(10)20(18,19)11-9(2)15-16(3)12(11)13/h8,10H,4-7,14H2,1-3H3. The van der Waals surface area contributed by atoms with E-state index in [2.05, 4.69) is 5.10 Å². The fourth-order valence-electron chi connectivity index (χ4n) is 2.78. The Hall–Kier alpha value is -0.630. The van der Waals surface area contributed by atoms with Gasteiger partial charge in [-0.05, 0) is 26.7 Å². The van der Waals surface area contributed by atoms with E-state index < -0.39 is 10.0 Å². The number of hydrogen-bond acceptors (Lipinski definition) is 4. The molecule has 2 unspecified atom stereocenters. The zero-order chi connectivity index (χ0) is 15.1. The third kappa shape index (κ3) is 2.59. The molecule has 2 heterocycles. The van der Waals surface area contributed by atoms with Crippen LogP contribution in [0.25, 0.3) is 0 Å². The molecule has 6 nitrogen and oxygen atoms in total. The molecule has 1 saturated heterocycles. The summed E-state index contributed by atoms with van der Waals surface area (Å²) in [5.74, 6) is 0. The summed E-state index contributed by atoms with van der Waals surface area (Å²) in [7, 11) is -2.03. The van der Waals surface area contributed by atoms with Crippen LogP contribution >= 0.6 is 11.6 Å². The predicted molar refractivity (Wildman–Crippen MR) is 78.1 cm³/mol. The molecule has 20 heavy (non-hydrogen) atoms. The van der Waals surface area contributed by atoms with Crippen LogP contribution in [0.5, 0.6) is 0 Å². The second-order valence-electron chi connectivity index (χ2n) is 5.37. The maximum Gasteiger partial charge on any atom is 0.248 e. The smallest absolute Gasteiger partial charge is 0.248 e. The number of rotatable bonds is 3. The first-order valence-corrected chi connectivity index (χ1v) is 8.55. The van der Waals surface area contributed by atoms with Crippen molar-refractivity contribution >= 4 is 21.6 Å². The highest BCUT2D eigenvalue weighted by Crippen LogP contribution is 2.32. The van der Waals surface area contributed by atoms with Crippen molar-refractivity contribution in [1.82, 2.24) is 14.1 Å². The molecule has 1 aromatic heterocycles. The zero-order valence-electron chi connectivity index (χ0n) is 12.0. The van der Waals surface area contributed by atoms with Crippen LogP contribution in [0.15, 0.2) is 4.90 Å². The Bertz CT molecular complexity index is 597. The van der Waals surface area contributed by atoms with Crippen LogP contribution < -0.4 is 5.73 Å². The average molecular weight is 321 g/mol. The van der Waals surface area contributed by atoms with Gasteiger partial charge >= 0.3 is 0 Å². The van der Waals surface area contributed by atoms with Gasteiger partial charge in [-0.1, -0.05) is 18.0 Å². The maximum atomic E-state index is 12.9.